The minimum absolute atomic E-state index is 0.0109. The van der Waals surface area contributed by atoms with Crippen LogP contribution in [0.25, 0.3) is 0 Å². The van der Waals surface area contributed by atoms with Gasteiger partial charge in [0.2, 0.25) is 5.91 Å². The van der Waals surface area contributed by atoms with Gasteiger partial charge in [-0.25, -0.2) is 4.39 Å². The highest BCUT2D eigenvalue weighted by Gasteiger charge is 2.40. The zero-order chi connectivity index (χ0) is 31.9. The van der Waals surface area contributed by atoms with Crippen molar-refractivity contribution in [3.63, 3.8) is 0 Å². The number of alkyl halides is 3. The van der Waals surface area contributed by atoms with Gasteiger partial charge in [-0.05, 0) is 80.9 Å². The zero-order valence-corrected chi connectivity index (χ0v) is 25.4. The lowest BCUT2D eigenvalue weighted by atomic mass is 9.83. The molecular formula is C35H41F4N3O2. The van der Waals surface area contributed by atoms with Gasteiger partial charge in [-0.1, -0.05) is 55.3 Å². The lowest BCUT2D eigenvalue weighted by Crippen LogP contribution is -2.48. The molecule has 2 fully saturated rings. The van der Waals surface area contributed by atoms with Gasteiger partial charge in [0.25, 0.3) is 5.91 Å². The van der Waals surface area contributed by atoms with Crippen LogP contribution in [0.1, 0.15) is 79.4 Å². The van der Waals surface area contributed by atoms with E-state index in [4.69, 9.17) is 0 Å². The molecule has 2 amide bonds. The minimum atomic E-state index is -4.48. The summed E-state index contributed by atoms with van der Waals surface area (Å²) in [4.78, 5) is 29.0. The standard InChI is InChI=1S/C35H41F4N3O2/c1-4-10-29(35(37,38)39)23(2)12-8-21-40-33(43)28-15-9-22-42(34(44)31-24(3)11-7-16-30(31)36)32(28)25-17-19-27(20-18-25)41-26-13-5-6-14-26/h4,7-8,11-12,16-20,26,28,32,41H,1,5-6,9-10,13-15,21-22H2,2-3H3,(H,40,43)/b12-8-,29-23+/t28-,32?/m0/s1. The molecule has 2 aromatic carbocycles. The first-order chi connectivity index (χ1) is 21.0. The van der Waals surface area contributed by atoms with Gasteiger partial charge in [0.05, 0.1) is 17.5 Å². The van der Waals surface area contributed by atoms with Crippen molar-refractivity contribution in [1.82, 2.24) is 10.2 Å². The predicted octanol–water partition coefficient (Wildman–Crippen LogP) is 8.21. The molecule has 0 aromatic heterocycles. The van der Waals surface area contributed by atoms with Crippen LogP contribution in [0.2, 0.25) is 0 Å². The summed E-state index contributed by atoms with van der Waals surface area (Å²) in [5.74, 6) is -2.04. The quantitative estimate of drug-likeness (QED) is 0.162. The van der Waals surface area contributed by atoms with E-state index in [9.17, 15) is 27.2 Å². The van der Waals surface area contributed by atoms with E-state index in [0.29, 0.717) is 31.0 Å². The number of anilines is 1. The number of nitrogens with zero attached hydrogens (tertiary/aromatic N) is 1. The number of carbonyl (C=O) groups excluding carboxylic acids is 2. The number of rotatable bonds is 10. The molecule has 2 aromatic rings. The Labute approximate surface area is 257 Å². The molecule has 1 saturated carbocycles. The molecule has 0 bridgehead atoms. The Morgan fingerprint density at radius 1 is 1.05 bits per heavy atom. The molecule has 1 saturated heterocycles. The predicted molar refractivity (Wildman–Crippen MR) is 166 cm³/mol. The summed E-state index contributed by atoms with van der Waals surface area (Å²) < 4.78 is 55.0. The molecule has 236 valence electrons. The van der Waals surface area contributed by atoms with E-state index < -0.39 is 35.4 Å². The molecule has 2 atom stereocenters. The fourth-order valence-electron chi connectivity index (χ4n) is 6.31. The van der Waals surface area contributed by atoms with Crippen LogP contribution >= 0.6 is 0 Å². The van der Waals surface area contributed by atoms with Crippen LogP contribution < -0.4 is 10.6 Å². The van der Waals surface area contributed by atoms with Crippen LogP contribution in [0.3, 0.4) is 0 Å². The summed E-state index contributed by atoms with van der Waals surface area (Å²) in [5, 5.41) is 6.38. The van der Waals surface area contributed by atoms with Gasteiger partial charge in [0.1, 0.15) is 5.82 Å². The van der Waals surface area contributed by atoms with Crippen LogP contribution in [0, 0.1) is 18.7 Å². The first-order valence-electron chi connectivity index (χ1n) is 15.3. The fourth-order valence-corrected chi connectivity index (χ4v) is 6.31. The summed E-state index contributed by atoms with van der Waals surface area (Å²) in [6.07, 6.45) is 4.92. The SMILES string of the molecule is C=CC/C(=C(C)\C=C/CNC(=O)[C@H]1CCCN(C(=O)c2c(C)cccc2F)C1c1ccc(NC2CCCC2)cc1)C(F)(F)F. The second kappa shape index (κ2) is 14.7. The number of nitrogens with one attached hydrogen (secondary N) is 2. The Hall–Kier alpha value is -3.88. The monoisotopic (exact) mass is 611 g/mol. The molecule has 0 spiro atoms. The Bertz CT molecular complexity index is 1370. The van der Waals surface area contributed by atoms with Crippen molar-refractivity contribution in [2.24, 2.45) is 5.92 Å². The van der Waals surface area contributed by atoms with Crippen molar-refractivity contribution in [2.45, 2.75) is 77.1 Å². The van der Waals surface area contributed by atoms with Gasteiger partial charge in [0, 0.05) is 30.4 Å². The van der Waals surface area contributed by atoms with Gasteiger partial charge < -0.3 is 15.5 Å². The van der Waals surface area contributed by atoms with Gasteiger partial charge in [-0.3, -0.25) is 9.59 Å². The van der Waals surface area contributed by atoms with E-state index >= 15 is 0 Å². The molecule has 2 N–H and O–H groups in total. The summed E-state index contributed by atoms with van der Waals surface area (Å²) >= 11 is 0. The average molecular weight is 612 g/mol. The molecule has 9 heteroatoms. The molecular weight excluding hydrogens is 570 g/mol. The zero-order valence-electron chi connectivity index (χ0n) is 25.4. The number of halogens is 4. The Balaban J connectivity index is 1.58. The number of benzene rings is 2. The number of aryl methyl sites for hydroxylation is 1. The third-order valence-electron chi connectivity index (χ3n) is 8.57. The van der Waals surface area contributed by atoms with E-state index in [1.165, 1.54) is 44.1 Å². The summed E-state index contributed by atoms with van der Waals surface area (Å²) in [7, 11) is 0. The normalized spacial score (nSPS) is 20.0. The van der Waals surface area contributed by atoms with Crippen LogP contribution in [0.4, 0.5) is 23.2 Å². The van der Waals surface area contributed by atoms with Crippen LogP contribution in [-0.2, 0) is 4.79 Å². The van der Waals surface area contributed by atoms with Crippen molar-refractivity contribution in [3.8, 4) is 0 Å². The van der Waals surface area contributed by atoms with Gasteiger partial charge in [-0.15, -0.1) is 6.58 Å². The molecule has 1 aliphatic heterocycles. The third-order valence-corrected chi connectivity index (χ3v) is 8.57. The maximum atomic E-state index is 14.9. The maximum absolute atomic E-state index is 14.9. The second-order valence-corrected chi connectivity index (χ2v) is 11.7. The van der Waals surface area contributed by atoms with Crippen molar-refractivity contribution >= 4 is 17.5 Å². The molecule has 1 aliphatic carbocycles. The summed E-state index contributed by atoms with van der Waals surface area (Å²) in [6, 6.07) is 12.0. The topological polar surface area (TPSA) is 61.4 Å². The van der Waals surface area contributed by atoms with E-state index in [0.717, 1.165) is 24.1 Å². The van der Waals surface area contributed by atoms with Crippen molar-refractivity contribution in [2.75, 3.05) is 18.4 Å². The highest BCUT2D eigenvalue weighted by molar-refractivity contribution is 5.97. The number of piperidine rings is 1. The van der Waals surface area contributed by atoms with E-state index in [1.54, 1.807) is 24.0 Å². The van der Waals surface area contributed by atoms with E-state index in [1.807, 2.05) is 24.3 Å². The smallest absolute Gasteiger partial charge is 0.382 e. The van der Waals surface area contributed by atoms with Crippen molar-refractivity contribution < 1.29 is 27.2 Å². The first-order valence-corrected chi connectivity index (χ1v) is 15.3. The highest BCUT2D eigenvalue weighted by Crippen LogP contribution is 2.39. The van der Waals surface area contributed by atoms with Crippen LogP contribution in [-0.4, -0.2) is 42.0 Å². The lowest BCUT2D eigenvalue weighted by molar-refractivity contribution is -0.128. The van der Waals surface area contributed by atoms with Crippen LogP contribution in [0.15, 0.2) is 78.4 Å². The molecule has 1 unspecified atom stereocenters. The molecule has 2 aliphatic rings. The maximum Gasteiger partial charge on any atom is 0.413 e. The van der Waals surface area contributed by atoms with Crippen molar-refractivity contribution in [1.29, 1.82) is 0 Å². The number of hydrogen-bond donors (Lipinski definition) is 2. The Morgan fingerprint density at radius 2 is 1.75 bits per heavy atom. The first kappa shape index (κ1) is 33.0. The number of allylic oxidation sites excluding steroid dienone is 4. The molecule has 44 heavy (non-hydrogen) atoms. The Morgan fingerprint density at radius 3 is 2.39 bits per heavy atom. The second-order valence-electron chi connectivity index (χ2n) is 11.7. The number of hydrogen-bond acceptors (Lipinski definition) is 3. The third kappa shape index (κ3) is 7.98. The van der Waals surface area contributed by atoms with E-state index in [-0.39, 0.29) is 30.0 Å². The largest absolute Gasteiger partial charge is 0.413 e. The van der Waals surface area contributed by atoms with Gasteiger partial charge in [0.15, 0.2) is 0 Å². The van der Waals surface area contributed by atoms with E-state index in [2.05, 4.69) is 17.2 Å². The molecule has 0 radical (unpaired) electrons. The highest BCUT2D eigenvalue weighted by atomic mass is 19.4. The molecule has 5 nitrogen and oxygen atoms in total. The summed E-state index contributed by atoms with van der Waals surface area (Å²) in [5.41, 5.74) is 1.58. The van der Waals surface area contributed by atoms with Gasteiger partial charge in [-0.2, -0.15) is 13.2 Å². The Kier molecular flexibility index (Phi) is 11.1. The number of amides is 2. The lowest BCUT2D eigenvalue weighted by Gasteiger charge is -2.41. The number of carbonyl (C=O) groups is 2. The average Bonchev–Trinajstić information content (AvgIpc) is 3.50. The fraction of sp³-hybridized carbons (Fsp3) is 0.429. The van der Waals surface area contributed by atoms with Crippen molar-refractivity contribution in [3.05, 3.63) is 101 Å². The number of likely N-dealkylation sites (tertiary alicyclic amines) is 1. The summed E-state index contributed by atoms with van der Waals surface area (Å²) in [6.45, 7) is 6.84. The minimum Gasteiger partial charge on any atom is -0.382 e. The van der Waals surface area contributed by atoms with Crippen LogP contribution in [0.5, 0.6) is 0 Å². The molecule has 1 heterocycles. The van der Waals surface area contributed by atoms with Gasteiger partial charge >= 0.3 is 6.18 Å². The molecule has 4 rings (SSSR count).